The Morgan fingerprint density at radius 3 is 2.48 bits per heavy atom. The van der Waals surface area contributed by atoms with Gasteiger partial charge in [0, 0.05) is 23.2 Å². The van der Waals surface area contributed by atoms with Crippen LogP contribution in [0, 0.1) is 17.8 Å². The Hall–Kier alpha value is -2.75. The van der Waals surface area contributed by atoms with Crippen molar-refractivity contribution in [1.82, 2.24) is 4.98 Å². The highest BCUT2D eigenvalue weighted by molar-refractivity contribution is 5.60. The Kier molecular flexibility index (Phi) is 6.53. The summed E-state index contributed by atoms with van der Waals surface area (Å²) in [5.74, 6) is 6.31. The molecule has 3 rings (SSSR count). The molecule has 0 N–H and O–H groups in total. The van der Waals surface area contributed by atoms with E-state index in [1.807, 2.05) is 25.1 Å². The summed E-state index contributed by atoms with van der Waals surface area (Å²) >= 11 is 0. The third-order valence-electron chi connectivity index (χ3n) is 3.86. The van der Waals surface area contributed by atoms with Crippen LogP contribution in [0.1, 0.15) is 12.5 Å². The highest BCUT2D eigenvalue weighted by Crippen LogP contribution is 2.22. The highest BCUT2D eigenvalue weighted by Gasteiger charge is 2.18. The molecule has 1 aromatic heterocycles. The van der Waals surface area contributed by atoms with E-state index in [-0.39, 0.29) is 11.7 Å². The first kappa shape index (κ1) is 19.0. The van der Waals surface area contributed by atoms with Gasteiger partial charge in [-0.1, -0.05) is 18.1 Å². The Morgan fingerprint density at radius 1 is 1.15 bits per heavy atom. The fourth-order valence-corrected chi connectivity index (χ4v) is 2.57. The molecule has 2 aromatic rings. The molecule has 0 unspecified atom stereocenters. The van der Waals surface area contributed by atoms with E-state index < -0.39 is 12.9 Å². The van der Waals surface area contributed by atoms with Gasteiger partial charge in [-0.25, -0.2) is 0 Å². The number of rotatable bonds is 4. The number of halogens is 2. The predicted molar refractivity (Wildman–Crippen MR) is 97.2 cm³/mol. The molecule has 0 amide bonds. The molecule has 0 aliphatic carbocycles. The fourth-order valence-electron chi connectivity index (χ4n) is 2.57. The smallest absolute Gasteiger partial charge is 0.387 e. The molecule has 1 fully saturated rings. The lowest BCUT2D eigenvalue weighted by Crippen LogP contribution is -2.30. The maximum Gasteiger partial charge on any atom is 0.387 e. The minimum absolute atomic E-state index is 0.111. The van der Waals surface area contributed by atoms with E-state index in [9.17, 15) is 8.78 Å². The van der Waals surface area contributed by atoms with Crippen LogP contribution in [0.15, 0.2) is 54.7 Å². The van der Waals surface area contributed by atoms with Crippen LogP contribution in [-0.2, 0) is 9.47 Å². The fraction of sp³-hybridized carbons (Fsp3) is 0.286. The van der Waals surface area contributed by atoms with Gasteiger partial charge in [-0.15, -0.1) is 0 Å². The van der Waals surface area contributed by atoms with Crippen molar-refractivity contribution in [3.63, 3.8) is 0 Å². The average molecular weight is 371 g/mol. The van der Waals surface area contributed by atoms with Crippen LogP contribution < -0.4 is 4.74 Å². The van der Waals surface area contributed by atoms with Crippen molar-refractivity contribution >= 4 is 0 Å². The number of allylic oxidation sites excluding steroid dienone is 1. The van der Waals surface area contributed by atoms with E-state index in [0.717, 1.165) is 11.1 Å². The number of ether oxygens (including phenoxy) is 3. The van der Waals surface area contributed by atoms with Crippen LogP contribution in [0.2, 0.25) is 0 Å². The van der Waals surface area contributed by atoms with Crippen LogP contribution in [0.4, 0.5) is 8.78 Å². The third-order valence-corrected chi connectivity index (χ3v) is 3.86. The van der Waals surface area contributed by atoms with Crippen LogP contribution in [0.5, 0.6) is 5.75 Å². The molecule has 6 heteroatoms. The summed E-state index contributed by atoms with van der Waals surface area (Å²) in [6.45, 7) is 0.310. The minimum Gasteiger partial charge on any atom is -0.435 e. The van der Waals surface area contributed by atoms with Gasteiger partial charge in [-0.3, -0.25) is 4.98 Å². The summed E-state index contributed by atoms with van der Waals surface area (Å²) < 4.78 is 39.8. The van der Waals surface area contributed by atoms with Gasteiger partial charge in [0.25, 0.3) is 0 Å². The molecule has 0 bridgehead atoms. The Balaban J connectivity index is 1.60. The molecule has 0 radical (unpaired) electrons. The van der Waals surface area contributed by atoms with Crippen LogP contribution in [-0.4, -0.2) is 31.1 Å². The summed E-state index contributed by atoms with van der Waals surface area (Å²) in [6.07, 6.45) is 5.15. The van der Waals surface area contributed by atoms with E-state index in [0.29, 0.717) is 18.9 Å². The Labute approximate surface area is 156 Å². The van der Waals surface area contributed by atoms with E-state index in [1.165, 1.54) is 12.1 Å². The average Bonchev–Trinajstić information content (AvgIpc) is 2.68. The molecule has 0 spiro atoms. The third kappa shape index (κ3) is 5.61. The number of hydrogen-bond donors (Lipinski definition) is 0. The molecule has 1 saturated heterocycles. The van der Waals surface area contributed by atoms with E-state index in [1.54, 1.807) is 18.3 Å². The first-order chi connectivity index (χ1) is 13.1. The number of benzene rings is 1. The molecule has 0 atom stereocenters. The molecule has 27 heavy (non-hydrogen) atoms. The van der Waals surface area contributed by atoms with Crippen molar-refractivity contribution in [2.24, 2.45) is 5.92 Å². The quantitative estimate of drug-likeness (QED) is 0.595. The highest BCUT2D eigenvalue weighted by atomic mass is 19.3. The van der Waals surface area contributed by atoms with Crippen LogP contribution in [0.25, 0.3) is 11.3 Å². The second kappa shape index (κ2) is 9.26. The number of pyridine rings is 1. The van der Waals surface area contributed by atoms with E-state index in [2.05, 4.69) is 27.6 Å². The SMILES string of the molecule is CC=CC1COC(C#Cc2ccc(-c3ccc(OC(F)F)cc3)nc2)OC1. The first-order valence-corrected chi connectivity index (χ1v) is 8.53. The molecule has 2 heterocycles. The van der Waals surface area contributed by atoms with E-state index in [4.69, 9.17) is 9.47 Å². The summed E-state index contributed by atoms with van der Waals surface area (Å²) in [7, 11) is 0. The maximum atomic E-state index is 12.2. The van der Waals surface area contributed by atoms with Crippen molar-refractivity contribution in [2.75, 3.05) is 13.2 Å². The lowest BCUT2D eigenvalue weighted by molar-refractivity contribution is -0.160. The lowest BCUT2D eigenvalue weighted by Gasteiger charge is -2.24. The molecule has 140 valence electrons. The topological polar surface area (TPSA) is 40.6 Å². The zero-order valence-corrected chi connectivity index (χ0v) is 14.8. The standard InChI is InChI=1S/C21H19F2NO3/c1-2-3-16-13-25-20(26-14-16)11-5-15-4-10-19(24-12-15)17-6-8-18(9-7-17)27-21(22)23/h2-4,6-10,12,16,20-21H,13-14H2,1H3. The molecule has 4 nitrogen and oxygen atoms in total. The maximum absolute atomic E-state index is 12.2. The van der Waals surface area contributed by atoms with Gasteiger partial charge < -0.3 is 14.2 Å². The predicted octanol–water partition coefficient (Wildman–Crippen LogP) is 4.27. The molecule has 1 aliphatic heterocycles. The Bertz CT molecular complexity index is 815. The second-order valence-corrected chi connectivity index (χ2v) is 5.89. The number of alkyl halides is 2. The summed E-state index contributed by atoms with van der Waals surface area (Å²) in [4.78, 5) is 4.36. The summed E-state index contributed by atoms with van der Waals surface area (Å²) in [5, 5.41) is 0. The largest absolute Gasteiger partial charge is 0.435 e. The molecule has 1 aliphatic rings. The number of hydrogen-bond acceptors (Lipinski definition) is 4. The zero-order chi connectivity index (χ0) is 19.1. The van der Waals surface area contributed by atoms with Crippen molar-refractivity contribution < 1.29 is 23.0 Å². The second-order valence-electron chi connectivity index (χ2n) is 5.89. The normalized spacial score (nSPS) is 19.7. The van der Waals surface area contributed by atoms with Crippen molar-refractivity contribution in [3.05, 3.63) is 60.3 Å². The lowest BCUT2D eigenvalue weighted by atomic mass is 10.1. The van der Waals surface area contributed by atoms with Gasteiger partial charge in [-0.2, -0.15) is 8.78 Å². The van der Waals surface area contributed by atoms with Gasteiger partial charge >= 0.3 is 6.61 Å². The van der Waals surface area contributed by atoms with Crippen molar-refractivity contribution in [1.29, 1.82) is 0 Å². The van der Waals surface area contributed by atoms with Gasteiger partial charge in [0.15, 0.2) is 0 Å². The first-order valence-electron chi connectivity index (χ1n) is 8.53. The van der Waals surface area contributed by atoms with Gasteiger partial charge in [-0.05, 0) is 49.2 Å². The van der Waals surface area contributed by atoms with Gasteiger partial charge in [0.2, 0.25) is 6.29 Å². The van der Waals surface area contributed by atoms with Crippen LogP contribution >= 0.6 is 0 Å². The van der Waals surface area contributed by atoms with Gasteiger partial charge in [0.05, 0.1) is 18.9 Å². The zero-order valence-electron chi connectivity index (χ0n) is 14.8. The number of aromatic nitrogens is 1. The van der Waals surface area contributed by atoms with E-state index >= 15 is 0 Å². The summed E-state index contributed by atoms with van der Waals surface area (Å²) in [6, 6.07) is 9.97. The molecular formula is C21H19F2NO3. The molecule has 0 saturated carbocycles. The van der Waals surface area contributed by atoms with Crippen LogP contribution in [0.3, 0.4) is 0 Å². The van der Waals surface area contributed by atoms with Gasteiger partial charge in [0.1, 0.15) is 5.75 Å². The molecule has 1 aromatic carbocycles. The monoisotopic (exact) mass is 371 g/mol. The Morgan fingerprint density at radius 2 is 1.89 bits per heavy atom. The van der Waals surface area contributed by atoms with Crippen molar-refractivity contribution in [2.45, 2.75) is 19.8 Å². The van der Waals surface area contributed by atoms with Crippen molar-refractivity contribution in [3.8, 4) is 28.8 Å². The minimum atomic E-state index is -2.84. The number of nitrogens with zero attached hydrogens (tertiary/aromatic N) is 1. The summed E-state index contributed by atoms with van der Waals surface area (Å²) in [5.41, 5.74) is 2.24. The molecular weight excluding hydrogens is 352 g/mol.